The van der Waals surface area contributed by atoms with Crippen LogP contribution in [0.5, 0.6) is 0 Å². The third-order valence-corrected chi connectivity index (χ3v) is 22.1. The molecule has 5 nitrogen and oxygen atoms in total. The second kappa shape index (κ2) is 12.4. The van der Waals surface area contributed by atoms with Gasteiger partial charge in [0.15, 0.2) is 16.6 Å². The summed E-state index contributed by atoms with van der Waals surface area (Å²) in [5, 5.41) is 0.310. The highest BCUT2D eigenvalue weighted by Gasteiger charge is 2.59. The van der Waals surface area contributed by atoms with Gasteiger partial charge in [-0.05, 0) is 119 Å². The first-order valence-corrected chi connectivity index (χ1v) is 23.9. The summed E-state index contributed by atoms with van der Waals surface area (Å²) in [6.07, 6.45) is 12.8. The maximum absolute atomic E-state index is 12.4. The fourth-order valence-corrected chi connectivity index (χ4v) is 11.1. The van der Waals surface area contributed by atoms with E-state index in [0.29, 0.717) is 11.8 Å². The highest BCUT2D eigenvalue weighted by molar-refractivity contribution is 6.74. The summed E-state index contributed by atoms with van der Waals surface area (Å²) in [6.45, 7) is 36.5. The number of hydrogen-bond acceptors (Lipinski definition) is 5. The highest BCUT2D eigenvalue weighted by atomic mass is 28.4. The molecular weight excluding hydrogens is 605 g/mol. The van der Waals surface area contributed by atoms with Crippen LogP contribution in [-0.4, -0.2) is 53.1 Å². The van der Waals surface area contributed by atoms with Crippen molar-refractivity contribution < 1.29 is 23.1 Å². The molecule has 7 atom stereocenters. The Kier molecular flexibility index (Phi) is 10.2. The molecule has 0 aromatic heterocycles. The van der Waals surface area contributed by atoms with E-state index in [2.05, 4.69) is 107 Å². The lowest BCUT2D eigenvalue weighted by Gasteiger charge is -2.59. The first kappa shape index (κ1) is 37.8. The summed E-state index contributed by atoms with van der Waals surface area (Å²) in [5.41, 5.74) is 3.94. The Labute approximate surface area is 284 Å². The standard InChI is InChI=1S/C39H68O5Si2/c1-26(41-25-34(40)42-35(2,3)4)30-19-20-31-29-18-17-27-23-28(43-45(13,14)36(5,6)7)24-33(44-46(15,16)37(8,9)10)39(27,12)32(29)21-22-38(30,31)11/h17-19,26,28,31-33H,20-25H2,1-16H3/t26-,28-,31+,32+,33+,38-,39+/m1/s1. The molecule has 2 fully saturated rings. The predicted octanol–water partition coefficient (Wildman–Crippen LogP) is 10.5. The lowest BCUT2D eigenvalue weighted by atomic mass is 9.49. The Morgan fingerprint density at radius 3 is 2.07 bits per heavy atom. The number of rotatable bonds is 8. The normalized spacial score (nSPS) is 32.8. The maximum atomic E-state index is 12.4. The highest BCUT2D eigenvalue weighted by Crippen LogP contribution is 2.65. The second-order valence-corrected chi connectivity index (χ2v) is 29.0. The van der Waals surface area contributed by atoms with Crippen LogP contribution in [0.2, 0.25) is 36.3 Å². The minimum Gasteiger partial charge on any atom is -0.458 e. The van der Waals surface area contributed by atoms with Crippen LogP contribution in [0.3, 0.4) is 0 Å². The molecule has 4 rings (SSSR count). The Morgan fingerprint density at radius 1 is 0.913 bits per heavy atom. The van der Waals surface area contributed by atoms with E-state index in [-0.39, 0.29) is 51.8 Å². The van der Waals surface area contributed by atoms with E-state index in [1.54, 1.807) is 5.57 Å². The molecule has 46 heavy (non-hydrogen) atoms. The third-order valence-electron chi connectivity index (χ3n) is 13.1. The average molecular weight is 673 g/mol. The average Bonchev–Trinajstić information content (AvgIpc) is 3.22. The Morgan fingerprint density at radius 2 is 1.50 bits per heavy atom. The van der Waals surface area contributed by atoms with Gasteiger partial charge in [-0.1, -0.05) is 84.8 Å². The first-order chi connectivity index (χ1) is 20.7. The van der Waals surface area contributed by atoms with E-state index in [9.17, 15) is 4.79 Å². The molecular formula is C39H68O5Si2. The number of fused-ring (bicyclic) bond motifs is 5. The van der Waals surface area contributed by atoms with E-state index in [4.69, 9.17) is 18.3 Å². The van der Waals surface area contributed by atoms with Crippen molar-refractivity contribution in [3.8, 4) is 0 Å². The van der Waals surface area contributed by atoms with Gasteiger partial charge in [-0.3, -0.25) is 0 Å². The molecule has 0 heterocycles. The monoisotopic (exact) mass is 672 g/mol. The SMILES string of the molecule is C[C@@H](OCC(=O)OC(C)(C)C)C1=CC[C@H]2C3=CC=C4C[C@@H](O[Si](C)(C)C(C)(C)C)C[C@H](O[Si](C)(C)C(C)(C)C)[C@]4(C)[C@H]3CC[C@]12C. The summed E-state index contributed by atoms with van der Waals surface area (Å²) in [7, 11) is -3.99. The molecule has 262 valence electrons. The topological polar surface area (TPSA) is 54.0 Å². The van der Waals surface area contributed by atoms with Crippen molar-refractivity contribution in [1.82, 2.24) is 0 Å². The Bertz CT molecular complexity index is 1260. The van der Waals surface area contributed by atoms with Gasteiger partial charge < -0.3 is 18.3 Å². The quantitative estimate of drug-likeness (QED) is 0.146. The third kappa shape index (κ3) is 7.15. The molecule has 0 amide bonds. The van der Waals surface area contributed by atoms with Crippen LogP contribution in [0.15, 0.2) is 34.9 Å². The Hall–Kier alpha value is -0.996. The maximum Gasteiger partial charge on any atom is 0.332 e. The smallest absolute Gasteiger partial charge is 0.332 e. The van der Waals surface area contributed by atoms with Crippen LogP contribution in [0.25, 0.3) is 0 Å². The van der Waals surface area contributed by atoms with Crippen LogP contribution < -0.4 is 0 Å². The largest absolute Gasteiger partial charge is 0.458 e. The fourth-order valence-electron chi connectivity index (χ4n) is 8.30. The van der Waals surface area contributed by atoms with Gasteiger partial charge in [0.1, 0.15) is 12.2 Å². The molecule has 0 aromatic carbocycles. The van der Waals surface area contributed by atoms with E-state index in [0.717, 1.165) is 32.1 Å². The number of carbonyl (C=O) groups excluding carboxylic acids is 1. The molecule has 0 radical (unpaired) electrons. The number of esters is 1. The van der Waals surface area contributed by atoms with Crippen LogP contribution in [0, 0.1) is 22.7 Å². The van der Waals surface area contributed by atoms with Crippen LogP contribution in [0.4, 0.5) is 0 Å². The van der Waals surface area contributed by atoms with Gasteiger partial charge in [-0.2, -0.15) is 0 Å². The molecule has 0 N–H and O–H groups in total. The summed E-state index contributed by atoms with van der Waals surface area (Å²) in [5.74, 6) is 0.600. The van der Waals surface area contributed by atoms with Crippen LogP contribution >= 0.6 is 0 Å². The van der Waals surface area contributed by atoms with Gasteiger partial charge >= 0.3 is 5.97 Å². The van der Waals surface area contributed by atoms with Crippen molar-refractivity contribution in [3.05, 3.63) is 34.9 Å². The molecule has 0 aliphatic heterocycles. The molecule has 0 aromatic rings. The zero-order valence-electron chi connectivity index (χ0n) is 32.4. The zero-order chi connectivity index (χ0) is 34.9. The number of allylic oxidation sites excluding steroid dienone is 4. The van der Waals surface area contributed by atoms with Gasteiger partial charge in [0.05, 0.1) is 18.3 Å². The van der Waals surface area contributed by atoms with Gasteiger partial charge in [-0.25, -0.2) is 4.79 Å². The second-order valence-electron chi connectivity index (χ2n) is 19.4. The van der Waals surface area contributed by atoms with Crippen LogP contribution in [-0.2, 0) is 23.1 Å². The minimum atomic E-state index is -2.05. The van der Waals surface area contributed by atoms with Crippen molar-refractivity contribution in [3.63, 3.8) is 0 Å². The lowest BCUT2D eigenvalue weighted by molar-refractivity contribution is -0.161. The van der Waals surface area contributed by atoms with E-state index in [1.165, 1.54) is 11.1 Å². The van der Waals surface area contributed by atoms with Crippen molar-refractivity contribution in [2.24, 2.45) is 22.7 Å². The van der Waals surface area contributed by atoms with E-state index < -0.39 is 22.2 Å². The van der Waals surface area contributed by atoms with Gasteiger partial charge in [0.25, 0.3) is 0 Å². The molecule has 4 aliphatic rings. The summed E-state index contributed by atoms with van der Waals surface area (Å²) in [4.78, 5) is 12.4. The molecule has 4 aliphatic carbocycles. The van der Waals surface area contributed by atoms with E-state index >= 15 is 0 Å². The first-order valence-electron chi connectivity index (χ1n) is 18.0. The van der Waals surface area contributed by atoms with E-state index in [1.807, 2.05) is 20.8 Å². The van der Waals surface area contributed by atoms with Gasteiger partial charge in [0.2, 0.25) is 0 Å². The summed E-state index contributed by atoms with van der Waals surface area (Å²) >= 11 is 0. The molecule has 0 saturated heterocycles. The van der Waals surface area contributed by atoms with Gasteiger partial charge in [0, 0.05) is 5.41 Å². The number of ether oxygens (including phenoxy) is 2. The number of hydrogen-bond donors (Lipinski definition) is 0. The molecule has 0 bridgehead atoms. The summed E-state index contributed by atoms with van der Waals surface area (Å²) < 4.78 is 26.3. The summed E-state index contributed by atoms with van der Waals surface area (Å²) in [6, 6.07) is 0. The molecule has 0 unspecified atom stereocenters. The van der Waals surface area contributed by atoms with Crippen molar-refractivity contribution >= 4 is 22.6 Å². The molecule has 2 saturated carbocycles. The molecule has 7 heteroatoms. The van der Waals surface area contributed by atoms with Gasteiger partial charge in [-0.15, -0.1) is 0 Å². The lowest BCUT2D eigenvalue weighted by Crippen LogP contribution is -2.58. The van der Waals surface area contributed by atoms with Crippen LogP contribution in [0.1, 0.15) is 115 Å². The van der Waals surface area contributed by atoms with Crippen molar-refractivity contribution in [2.45, 2.75) is 175 Å². The number of carbonyl (C=O) groups is 1. The van der Waals surface area contributed by atoms with Crippen molar-refractivity contribution in [1.29, 1.82) is 0 Å². The predicted molar refractivity (Wildman–Crippen MR) is 196 cm³/mol. The fraction of sp³-hybridized carbons (Fsp3) is 0.821. The molecule has 0 spiro atoms. The minimum absolute atomic E-state index is 0.0173. The zero-order valence-corrected chi connectivity index (χ0v) is 34.4. The Balaban J connectivity index is 1.63. The van der Waals surface area contributed by atoms with Crippen molar-refractivity contribution in [2.75, 3.05) is 6.61 Å².